The molecule has 4 rings (SSSR count). The summed E-state index contributed by atoms with van der Waals surface area (Å²) in [7, 11) is -2.81. The molecule has 156 valence electrons. The largest absolute Gasteiger partial charge is 0.433 e. The summed E-state index contributed by atoms with van der Waals surface area (Å²) in [5.41, 5.74) is 0.720. The van der Waals surface area contributed by atoms with Crippen LogP contribution in [0.3, 0.4) is 0 Å². The smallest absolute Gasteiger partial charge is 0.300 e. The molecule has 2 saturated heterocycles. The fourth-order valence-corrected chi connectivity index (χ4v) is 7.74. The lowest BCUT2D eigenvalue weighted by Crippen LogP contribution is -2.51. The van der Waals surface area contributed by atoms with E-state index in [1.165, 1.54) is 0 Å². The second-order valence-electron chi connectivity index (χ2n) is 8.84. The fourth-order valence-electron chi connectivity index (χ4n) is 5.48. The van der Waals surface area contributed by atoms with Gasteiger partial charge in [0.2, 0.25) is 0 Å². The van der Waals surface area contributed by atoms with Crippen molar-refractivity contribution in [3.8, 4) is 0 Å². The van der Waals surface area contributed by atoms with E-state index in [0.717, 1.165) is 56.8 Å². The monoisotopic (exact) mass is 416 g/mol. The maximum absolute atomic E-state index is 12.9. The number of nitrogens with zero attached hydrogens (tertiary/aromatic N) is 2. The van der Waals surface area contributed by atoms with Crippen molar-refractivity contribution >= 4 is 9.84 Å². The zero-order valence-corrected chi connectivity index (χ0v) is 17.0. The number of likely N-dealkylation sites (tertiary alicyclic amines) is 1. The van der Waals surface area contributed by atoms with Crippen molar-refractivity contribution in [3.63, 3.8) is 0 Å². The van der Waals surface area contributed by atoms with Gasteiger partial charge in [0, 0.05) is 23.7 Å². The molecule has 3 heterocycles. The number of hydrogen-bond acceptors (Lipinski definition) is 4. The highest BCUT2D eigenvalue weighted by atomic mass is 32.2. The maximum atomic E-state index is 12.9. The van der Waals surface area contributed by atoms with Crippen LogP contribution in [0.2, 0.25) is 0 Å². The third kappa shape index (κ3) is 3.82. The van der Waals surface area contributed by atoms with E-state index in [4.69, 9.17) is 0 Å². The van der Waals surface area contributed by atoms with Gasteiger partial charge in [0.05, 0.1) is 11.5 Å². The van der Waals surface area contributed by atoms with Gasteiger partial charge in [0.15, 0.2) is 9.84 Å². The molecule has 1 aliphatic carbocycles. The second-order valence-corrected chi connectivity index (χ2v) is 10.9. The Kier molecular flexibility index (Phi) is 5.01. The molecule has 0 aromatic carbocycles. The molecule has 8 heteroatoms. The Morgan fingerprint density at radius 2 is 1.86 bits per heavy atom. The Balaban J connectivity index is 1.38. The lowest BCUT2D eigenvalue weighted by Gasteiger charge is -2.40. The van der Waals surface area contributed by atoms with Gasteiger partial charge in [-0.25, -0.2) is 13.4 Å². The van der Waals surface area contributed by atoms with Crippen LogP contribution >= 0.6 is 0 Å². The Morgan fingerprint density at radius 3 is 2.43 bits per heavy atom. The standard InChI is InChI=1S/C20H27F3N2O2S/c1-2-17-16(7-8-18(24-17)20(21,22)23)14-3-5-15(6-4-14)25-10-9-19(11-25)12-28(26,27)13-19/h7-8,14-15H,2-6,9-13H2,1H3/t14-,15-. The van der Waals surface area contributed by atoms with Gasteiger partial charge in [0.25, 0.3) is 0 Å². The van der Waals surface area contributed by atoms with Gasteiger partial charge in [0.1, 0.15) is 5.69 Å². The minimum absolute atomic E-state index is 0.0115. The van der Waals surface area contributed by atoms with E-state index in [9.17, 15) is 21.6 Å². The third-order valence-electron chi connectivity index (χ3n) is 6.81. The first kappa shape index (κ1) is 20.1. The number of halogens is 3. The van der Waals surface area contributed by atoms with E-state index in [1.807, 2.05) is 6.92 Å². The Hall–Kier alpha value is -1.15. The van der Waals surface area contributed by atoms with Crippen LogP contribution in [0.25, 0.3) is 0 Å². The summed E-state index contributed by atoms with van der Waals surface area (Å²) in [4.78, 5) is 6.35. The molecule has 0 bridgehead atoms. The number of sulfone groups is 1. The normalized spacial score (nSPS) is 29.7. The molecule has 0 unspecified atom stereocenters. The van der Waals surface area contributed by atoms with Crippen molar-refractivity contribution in [2.75, 3.05) is 24.6 Å². The fraction of sp³-hybridized carbons (Fsp3) is 0.750. The molecule has 3 aliphatic rings. The van der Waals surface area contributed by atoms with Gasteiger partial charge in [-0.3, -0.25) is 4.90 Å². The van der Waals surface area contributed by atoms with Crippen LogP contribution in [0, 0.1) is 5.41 Å². The van der Waals surface area contributed by atoms with Crippen LogP contribution in [0.1, 0.15) is 61.9 Å². The molecule has 1 saturated carbocycles. The molecule has 3 fully saturated rings. The van der Waals surface area contributed by atoms with Crippen LogP contribution in [0.5, 0.6) is 0 Å². The molecule has 28 heavy (non-hydrogen) atoms. The van der Waals surface area contributed by atoms with Gasteiger partial charge in [-0.05, 0) is 62.6 Å². The average Bonchev–Trinajstić information content (AvgIpc) is 3.04. The SMILES string of the molecule is CCc1nc(C(F)(F)F)ccc1[C@H]1CC[C@H](N2CCC3(C2)CS(=O)(=O)C3)CC1. The van der Waals surface area contributed by atoms with Crippen LogP contribution in [0.15, 0.2) is 12.1 Å². The average molecular weight is 417 g/mol. The van der Waals surface area contributed by atoms with Crippen LogP contribution < -0.4 is 0 Å². The number of alkyl halides is 3. The minimum atomic E-state index is -4.40. The molecular weight excluding hydrogens is 389 g/mol. The number of aromatic nitrogens is 1. The topological polar surface area (TPSA) is 50.3 Å². The van der Waals surface area contributed by atoms with Gasteiger partial charge < -0.3 is 0 Å². The number of hydrogen-bond donors (Lipinski definition) is 0. The van der Waals surface area contributed by atoms with Gasteiger partial charge in [-0.15, -0.1) is 0 Å². The van der Waals surface area contributed by atoms with Crippen molar-refractivity contribution < 1.29 is 21.6 Å². The van der Waals surface area contributed by atoms with Gasteiger partial charge in [-0.1, -0.05) is 13.0 Å². The summed E-state index contributed by atoms with van der Waals surface area (Å²) in [6.07, 6.45) is 0.993. The van der Waals surface area contributed by atoms with Crippen molar-refractivity contribution in [2.45, 2.75) is 63.6 Å². The molecule has 0 radical (unpaired) electrons. The first-order chi connectivity index (χ1) is 13.1. The van der Waals surface area contributed by atoms with Crippen LogP contribution in [-0.4, -0.2) is 48.9 Å². The molecule has 1 aromatic rings. The number of rotatable bonds is 3. The Morgan fingerprint density at radius 1 is 1.18 bits per heavy atom. The first-order valence-corrected chi connectivity index (χ1v) is 11.9. The lowest BCUT2D eigenvalue weighted by molar-refractivity contribution is -0.141. The summed E-state index contributed by atoms with van der Waals surface area (Å²) in [5, 5.41) is 0. The second kappa shape index (κ2) is 6.97. The molecular formula is C20H27F3N2O2S. The summed E-state index contributed by atoms with van der Waals surface area (Å²) in [6.45, 7) is 3.70. The van der Waals surface area contributed by atoms with E-state index in [2.05, 4.69) is 9.88 Å². The van der Waals surface area contributed by atoms with Gasteiger partial charge >= 0.3 is 6.18 Å². The van der Waals surface area contributed by atoms with Crippen LogP contribution in [-0.2, 0) is 22.4 Å². The minimum Gasteiger partial charge on any atom is -0.300 e. The molecule has 0 N–H and O–H groups in total. The highest BCUT2D eigenvalue weighted by Gasteiger charge is 2.53. The zero-order chi connectivity index (χ0) is 20.2. The van der Waals surface area contributed by atoms with E-state index in [0.29, 0.717) is 29.7 Å². The van der Waals surface area contributed by atoms with Gasteiger partial charge in [-0.2, -0.15) is 13.2 Å². The quantitative estimate of drug-likeness (QED) is 0.752. The molecule has 2 aliphatic heterocycles. The summed E-state index contributed by atoms with van der Waals surface area (Å²) in [6, 6.07) is 3.21. The van der Waals surface area contributed by atoms with E-state index < -0.39 is 21.7 Å². The van der Waals surface area contributed by atoms with E-state index in [-0.39, 0.29) is 11.3 Å². The van der Waals surface area contributed by atoms with E-state index in [1.54, 1.807) is 6.07 Å². The highest BCUT2D eigenvalue weighted by molar-refractivity contribution is 7.92. The Bertz CT molecular complexity index is 833. The Labute approximate surface area is 164 Å². The predicted octanol–water partition coefficient (Wildman–Crippen LogP) is 3.81. The molecule has 4 nitrogen and oxygen atoms in total. The van der Waals surface area contributed by atoms with Crippen LogP contribution in [0.4, 0.5) is 13.2 Å². The summed E-state index contributed by atoms with van der Waals surface area (Å²) in [5.74, 6) is 0.938. The first-order valence-electron chi connectivity index (χ1n) is 10.1. The van der Waals surface area contributed by atoms with Crippen molar-refractivity contribution in [3.05, 3.63) is 29.1 Å². The summed E-state index contributed by atoms with van der Waals surface area (Å²) < 4.78 is 62.0. The molecule has 1 aromatic heterocycles. The van der Waals surface area contributed by atoms with Crippen molar-refractivity contribution in [2.24, 2.45) is 5.41 Å². The highest BCUT2D eigenvalue weighted by Crippen LogP contribution is 2.44. The van der Waals surface area contributed by atoms with Crippen molar-refractivity contribution in [1.29, 1.82) is 0 Å². The lowest BCUT2D eigenvalue weighted by atomic mass is 9.80. The van der Waals surface area contributed by atoms with Crippen molar-refractivity contribution in [1.82, 2.24) is 9.88 Å². The maximum Gasteiger partial charge on any atom is 0.433 e. The molecule has 1 spiro atoms. The number of aryl methyl sites for hydroxylation is 1. The zero-order valence-electron chi connectivity index (χ0n) is 16.1. The third-order valence-corrected chi connectivity index (χ3v) is 8.91. The molecule has 0 amide bonds. The molecule has 0 atom stereocenters. The van der Waals surface area contributed by atoms with E-state index >= 15 is 0 Å². The summed E-state index contributed by atoms with van der Waals surface area (Å²) >= 11 is 0. The predicted molar refractivity (Wildman–Crippen MR) is 101 cm³/mol. The number of pyridine rings is 1.